The van der Waals surface area contributed by atoms with Crippen LogP contribution in [0.4, 0.5) is 0 Å². The molecule has 0 aliphatic rings. The Morgan fingerprint density at radius 1 is 0.431 bits per heavy atom. The van der Waals surface area contributed by atoms with Crippen molar-refractivity contribution in [3.8, 4) is 32.7 Å². The van der Waals surface area contributed by atoms with Crippen LogP contribution in [-0.2, 0) is 12.8 Å². The Morgan fingerprint density at radius 3 is 1.91 bits per heavy atom. The minimum Gasteiger partial charge on any atom is -0.456 e. The highest BCUT2D eigenvalue weighted by Gasteiger charge is 2.17. The van der Waals surface area contributed by atoms with Gasteiger partial charge in [-0.2, -0.15) is 0 Å². The number of thiophene rings is 3. The molecule has 0 fully saturated rings. The Hall–Kier alpha value is -4.22. The van der Waals surface area contributed by atoms with Gasteiger partial charge in [-0.05, 0) is 145 Å². The molecule has 296 valence electrons. The van der Waals surface area contributed by atoms with E-state index in [1.165, 1.54) is 172 Å². The summed E-state index contributed by atoms with van der Waals surface area (Å²) in [5, 5.41) is 5.01. The van der Waals surface area contributed by atoms with Gasteiger partial charge in [0.25, 0.3) is 0 Å². The van der Waals surface area contributed by atoms with Crippen molar-refractivity contribution in [2.45, 2.75) is 118 Å². The number of rotatable bonds is 17. The Labute approximate surface area is 356 Å². The van der Waals surface area contributed by atoms with Crippen molar-refractivity contribution in [2.75, 3.05) is 0 Å². The molecule has 0 amide bonds. The number of hydrogen-bond acceptors (Lipinski definition) is 4. The van der Waals surface area contributed by atoms with Gasteiger partial charge in [0.15, 0.2) is 0 Å². The van der Waals surface area contributed by atoms with Crippen molar-refractivity contribution in [2.24, 2.45) is 0 Å². The van der Waals surface area contributed by atoms with E-state index in [0.29, 0.717) is 0 Å². The van der Waals surface area contributed by atoms with E-state index in [2.05, 4.69) is 125 Å². The van der Waals surface area contributed by atoms with E-state index in [9.17, 15) is 0 Å². The summed E-state index contributed by atoms with van der Waals surface area (Å²) in [7, 11) is 0. The minimum absolute atomic E-state index is 0.954. The first kappa shape index (κ1) is 39.3. The number of fused-ring (bicyclic) bond motifs is 7. The maximum atomic E-state index is 6.30. The fourth-order valence-electron chi connectivity index (χ4n) is 9.11. The fourth-order valence-corrected chi connectivity index (χ4v) is 12.5. The topological polar surface area (TPSA) is 13.1 Å². The lowest BCUT2D eigenvalue weighted by Gasteiger charge is -2.18. The first-order chi connectivity index (χ1) is 28.4. The van der Waals surface area contributed by atoms with Crippen LogP contribution in [0, 0.1) is 13.8 Å². The Kier molecular flexibility index (Phi) is 11.9. The average Bonchev–Trinajstić information content (AvgIpc) is 3.99. The van der Waals surface area contributed by atoms with Crippen LogP contribution in [0.15, 0.2) is 101 Å². The summed E-state index contributed by atoms with van der Waals surface area (Å²) in [6.07, 6.45) is 18.2. The standard InChI is InChI=1S/C54H56OS3/c1-5-7-9-11-13-15-19-37-30-44(39(25-35(37)3)20-16-14-12-10-8-6-2)41-27-40(28-42(29-41)51-34-54-53(58-51)26-36(4)56-54)38-23-24-50-46(31-38)47-32-45-43-21-17-18-22-48(43)55-49(45)33-52(47)57-50/h17-18,21-34H,5-16,19-20H2,1-4H3. The predicted molar refractivity (Wildman–Crippen MR) is 260 cm³/mol. The van der Waals surface area contributed by atoms with Crippen molar-refractivity contribution in [3.05, 3.63) is 119 Å². The molecule has 4 heterocycles. The van der Waals surface area contributed by atoms with Crippen molar-refractivity contribution in [1.82, 2.24) is 0 Å². The number of benzene rings is 5. The van der Waals surface area contributed by atoms with Gasteiger partial charge in [-0.1, -0.05) is 114 Å². The molecule has 9 rings (SSSR count). The molecule has 0 saturated carbocycles. The lowest BCUT2D eigenvalue weighted by atomic mass is 9.87. The highest BCUT2D eigenvalue weighted by Crippen LogP contribution is 2.44. The number of hydrogen-bond donors (Lipinski definition) is 0. The lowest BCUT2D eigenvalue weighted by Crippen LogP contribution is -1.99. The van der Waals surface area contributed by atoms with Gasteiger partial charge in [0, 0.05) is 50.1 Å². The van der Waals surface area contributed by atoms with Crippen LogP contribution in [0.25, 0.3) is 84.2 Å². The smallest absolute Gasteiger partial charge is 0.136 e. The molecule has 0 spiro atoms. The molecule has 0 aliphatic heterocycles. The summed E-state index contributed by atoms with van der Waals surface area (Å²) in [6, 6.07) is 37.6. The third-order valence-corrected chi connectivity index (χ3v) is 15.7. The van der Waals surface area contributed by atoms with E-state index in [0.717, 1.165) is 24.0 Å². The highest BCUT2D eigenvalue weighted by atomic mass is 32.1. The second-order valence-electron chi connectivity index (χ2n) is 16.7. The molecule has 4 aromatic heterocycles. The molecule has 0 N–H and O–H groups in total. The average molecular weight is 817 g/mol. The molecule has 5 aromatic carbocycles. The van der Waals surface area contributed by atoms with E-state index in [1.54, 1.807) is 0 Å². The Bertz CT molecular complexity index is 2820. The van der Waals surface area contributed by atoms with E-state index in [1.807, 2.05) is 34.0 Å². The Balaban J connectivity index is 1.15. The summed E-state index contributed by atoms with van der Waals surface area (Å²) in [5.41, 5.74) is 13.1. The quantitative estimate of drug-likeness (QED) is 0.0835. The van der Waals surface area contributed by atoms with Gasteiger partial charge >= 0.3 is 0 Å². The SMILES string of the molecule is CCCCCCCCc1cc(-c2cc(-c3ccc4sc5cc6oc7ccccc7c6cc5c4c3)cc(-c3cc4sc(C)cc4s3)c2)c(CCCCCCCC)cc1C. The monoisotopic (exact) mass is 816 g/mol. The molecular formula is C54H56OS3. The zero-order valence-electron chi connectivity index (χ0n) is 34.8. The number of unbranched alkanes of at least 4 members (excludes halogenated alkanes) is 10. The van der Waals surface area contributed by atoms with Crippen molar-refractivity contribution >= 4 is 85.5 Å². The van der Waals surface area contributed by atoms with Gasteiger partial charge in [-0.15, -0.1) is 34.0 Å². The normalized spacial score (nSPS) is 12.1. The summed E-state index contributed by atoms with van der Waals surface area (Å²) in [4.78, 5) is 2.74. The van der Waals surface area contributed by atoms with Crippen LogP contribution in [0.3, 0.4) is 0 Å². The van der Waals surface area contributed by atoms with Crippen LogP contribution < -0.4 is 0 Å². The molecule has 0 bridgehead atoms. The summed E-state index contributed by atoms with van der Waals surface area (Å²) in [6.45, 7) is 9.21. The number of furan rings is 1. The molecule has 0 radical (unpaired) electrons. The van der Waals surface area contributed by atoms with Crippen molar-refractivity contribution in [1.29, 1.82) is 0 Å². The third kappa shape index (κ3) is 8.18. The van der Waals surface area contributed by atoms with Gasteiger partial charge in [0.1, 0.15) is 11.2 Å². The van der Waals surface area contributed by atoms with E-state index < -0.39 is 0 Å². The maximum absolute atomic E-state index is 6.30. The Morgan fingerprint density at radius 2 is 1.12 bits per heavy atom. The molecule has 0 unspecified atom stereocenters. The second-order valence-corrected chi connectivity index (χ2v) is 20.2. The first-order valence-corrected chi connectivity index (χ1v) is 24.5. The van der Waals surface area contributed by atoms with Gasteiger partial charge < -0.3 is 4.42 Å². The molecule has 9 aromatic rings. The van der Waals surface area contributed by atoms with Gasteiger partial charge in [0.2, 0.25) is 0 Å². The maximum Gasteiger partial charge on any atom is 0.136 e. The number of aryl methyl sites for hydroxylation is 4. The summed E-state index contributed by atoms with van der Waals surface area (Å²) < 4.78 is 11.7. The third-order valence-electron chi connectivity index (χ3n) is 12.3. The van der Waals surface area contributed by atoms with Crippen molar-refractivity contribution < 1.29 is 4.42 Å². The van der Waals surface area contributed by atoms with Crippen molar-refractivity contribution in [3.63, 3.8) is 0 Å². The zero-order chi connectivity index (χ0) is 39.6. The molecule has 0 aliphatic carbocycles. The largest absolute Gasteiger partial charge is 0.456 e. The zero-order valence-corrected chi connectivity index (χ0v) is 37.2. The molecule has 4 heteroatoms. The number of para-hydroxylation sites is 1. The van der Waals surface area contributed by atoms with E-state index in [-0.39, 0.29) is 0 Å². The second kappa shape index (κ2) is 17.6. The fraction of sp³-hybridized carbons (Fsp3) is 0.333. The molecule has 1 nitrogen and oxygen atoms in total. The minimum atomic E-state index is 0.954. The van der Waals surface area contributed by atoms with Gasteiger partial charge in [-0.3, -0.25) is 0 Å². The van der Waals surface area contributed by atoms with Crippen LogP contribution >= 0.6 is 34.0 Å². The van der Waals surface area contributed by atoms with E-state index >= 15 is 0 Å². The van der Waals surface area contributed by atoms with Gasteiger partial charge in [-0.25, -0.2) is 0 Å². The lowest BCUT2D eigenvalue weighted by molar-refractivity contribution is 0.605. The van der Waals surface area contributed by atoms with Gasteiger partial charge in [0.05, 0.1) is 0 Å². The molecule has 58 heavy (non-hydrogen) atoms. The molecule has 0 atom stereocenters. The van der Waals surface area contributed by atoms with Crippen LogP contribution in [-0.4, -0.2) is 0 Å². The molecule has 0 saturated heterocycles. The van der Waals surface area contributed by atoms with Crippen LogP contribution in [0.1, 0.15) is 112 Å². The highest BCUT2D eigenvalue weighted by molar-refractivity contribution is 7.29. The van der Waals surface area contributed by atoms with Crippen LogP contribution in [0.2, 0.25) is 0 Å². The first-order valence-electron chi connectivity index (χ1n) is 22.0. The van der Waals surface area contributed by atoms with Crippen LogP contribution in [0.5, 0.6) is 0 Å². The molecular weight excluding hydrogens is 761 g/mol. The summed E-state index contributed by atoms with van der Waals surface area (Å²) in [5.74, 6) is 0. The predicted octanol–water partition coefficient (Wildman–Crippen LogP) is 18.7. The summed E-state index contributed by atoms with van der Waals surface area (Å²) >= 11 is 5.73. The van der Waals surface area contributed by atoms with E-state index in [4.69, 9.17) is 4.42 Å².